The van der Waals surface area contributed by atoms with Crippen LogP contribution in [0.5, 0.6) is 0 Å². The van der Waals surface area contributed by atoms with E-state index in [1.807, 2.05) is 13.8 Å². The van der Waals surface area contributed by atoms with Crippen LogP contribution in [0.15, 0.2) is 35.4 Å². The summed E-state index contributed by atoms with van der Waals surface area (Å²) in [7, 11) is 1.53. The second-order valence-corrected chi connectivity index (χ2v) is 10.8. The second kappa shape index (κ2) is 10.4. The van der Waals surface area contributed by atoms with Gasteiger partial charge in [-0.25, -0.2) is 9.78 Å². The molecule has 3 N–H and O–H groups in total. The average molecular weight is 526 g/mol. The van der Waals surface area contributed by atoms with Gasteiger partial charge in [-0.1, -0.05) is 0 Å². The summed E-state index contributed by atoms with van der Waals surface area (Å²) in [5.41, 5.74) is -0.295. The van der Waals surface area contributed by atoms with Crippen LogP contribution in [0.3, 0.4) is 0 Å². The highest BCUT2D eigenvalue weighted by Gasteiger charge is 2.28. The molecule has 1 fully saturated rings. The van der Waals surface area contributed by atoms with Gasteiger partial charge in [0.1, 0.15) is 28.5 Å². The molecule has 0 bridgehead atoms. The minimum Gasteiger partial charge on any atom is -0.443 e. The second-order valence-electron chi connectivity index (χ2n) is 10.8. The van der Waals surface area contributed by atoms with Crippen molar-refractivity contribution in [3.05, 3.63) is 46.5 Å². The van der Waals surface area contributed by atoms with Crippen molar-refractivity contribution in [1.82, 2.24) is 24.5 Å². The molecule has 38 heavy (non-hydrogen) atoms. The predicted octanol–water partition coefficient (Wildman–Crippen LogP) is 3.23. The molecule has 0 aromatic carbocycles. The highest BCUT2D eigenvalue weighted by atomic mass is 16.6. The summed E-state index contributed by atoms with van der Waals surface area (Å²) in [6.07, 6.45) is 3.81. The molecule has 3 heterocycles. The molecule has 0 aliphatic heterocycles. The fourth-order valence-corrected chi connectivity index (χ4v) is 4.34. The molecule has 0 radical (unpaired) electrons. The molecular weight excluding hydrogens is 490 g/mol. The number of aliphatic hydroxyl groups excluding tert-OH is 1. The zero-order chi connectivity index (χ0) is 27.8. The Labute approximate surface area is 220 Å². The van der Waals surface area contributed by atoms with E-state index in [1.54, 1.807) is 49.7 Å². The van der Waals surface area contributed by atoms with Gasteiger partial charge in [0.05, 0.1) is 12.3 Å². The molecule has 0 spiro atoms. The first kappa shape index (κ1) is 27.1. The van der Waals surface area contributed by atoms with Gasteiger partial charge in [-0.15, -0.1) is 0 Å². The van der Waals surface area contributed by atoms with Crippen LogP contribution in [-0.2, 0) is 4.74 Å². The SMILES string of the molecule is CC(C)n1cccc(Nc2cc(N(C)C(=O)OC(C)(C)C)n3ncc(C(=O)N[C@@H]4CC[C@H](O)C4)c3n2)c1=O. The maximum Gasteiger partial charge on any atom is 0.415 e. The molecule has 12 nitrogen and oxygen atoms in total. The summed E-state index contributed by atoms with van der Waals surface area (Å²) in [5.74, 6) is 0.131. The number of nitrogens with one attached hydrogen (secondary N) is 2. The largest absolute Gasteiger partial charge is 0.443 e. The van der Waals surface area contributed by atoms with Gasteiger partial charge in [0.25, 0.3) is 11.5 Å². The Balaban J connectivity index is 1.77. The van der Waals surface area contributed by atoms with Gasteiger partial charge in [0.15, 0.2) is 5.65 Å². The molecule has 0 saturated heterocycles. The van der Waals surface area contributed by atoms with Crippen LogP contribution in [-0.4, -0.2) is 61.1 Å². The number of amides is 2. The minimum atomic E-state index is -0.731. The number of aliphatic hydroxyl groups is 1. The molecule has 2 atom stereocenters. The summed E-state index contributed by atoms with van der Waals surface area (Å²) >= 11 is 0. The number of ether oxygens (including phenoxy) is 1. The Morgan fingerprint density at radius 2 is 2.00 bits per heavy atom. The van der Waals surface area contributed by atoms with E-state index < -0.39 is 23.7 Å². The van der Waals surface area contributed by atoms with Gasteiger partial charge in [0, 0.05) is 31.4 Å². The fourth-order valence-electron chi connectivity index (χ4n) is 4.34. The number of hydrogen-bond donors (Lipinski definition) is 3. The third-order valence-electron chi connectivity index (χ3n) is 6.24. The maximum atomic E-state index is 13.2. The number of fused-ring (bicyclic) bond motifs is 1. The number of rotatable bonds is 6. The zero-order valence-corrected chi connectivity index (χ0v) is 22.6. The summed E-state index contributed by atoms with van der Waals surface area (Å²) in [5, 5.41) is 20.1. The lowest BCUT2D eigenvalue weighted by molar-refractivity contribution is 0.0587. The molecular formula is C26H35N7O5. The summed E-state index contributed by atoms with van der Waals surface area (Å²) < 4.78 is 8.49. The number of nitrogens with zero attached hydrogens (tertiary/aromatic N) is 5. The van der Waals surface area contributed by atoms with Crippen molar-refractivity contribution >= 4 is 35.0 Å². The molecule has 204 valence electrons. The fraction of sp³-hybridized carbons (Fsp3) is 0.500. The molecule has 4 rings (SSSR count). The standard InChI is InChI=1S/C26H35N7O5/c1-15(2)32-11-7-8-19(24(32)36)29-20-13-21(31(6)25(37)38-26(3,4)5)33-22(30-20)18(14-27-33)23(35)28-16-9-10-17(34)12-16/h7-8,11,13-17,34H,9-10,12H2,1-6H3,(H,28,35)(H,29,30)/t16-,17+/m1/s1. The Morgan fingerprint density at radius 1 is 1.26 bits per heavy atom. The van der Waals surface area contributed by atoms with Crippen molar-refractivity contribution in [1.29, 1.82) is 0 Å². The topological polar surface area (TPSA) is 143 Å². The van der Waals surface area contributed by atoms with Crippen LogP contribution >= 0.6 is 0 Å². The van der Waals surface area contributed by atoms with Crippen LogP contribution in [0.4, 0.5) is 22.1 Å². The molecule has 1 saturated carbocycles. The zero-order valence-electron chi connectivity index (χ0n) is 22.6. The number of aromatic nitrogens is 4. The van der Waals surface area contributed by atoms with Gasteiger partial charge in [-0.05, 0) is 66.0 Å². The van der Waals surface area contributed by atoms with E-state index in [0.29, 0.717) is 19.3 Å². The summed E-state index contributed by atoms with van der Waals surface area (Å²) in [6.45, 7) is 9.10. The van der Waals surface area contributed by atoms with Crippen molar-refractivity contribution in [2.75, 3.05) is 17.3 Å². The molecule has 12 heteroatoms. The van der Waals surface area contributed by atoms with Crippen molar-refractivity contribution in [2.24, 2.45) is 0 Å². The lowest BCUT2D eigenvalue weighted by Gasteiger charge is -2.25. The van der Waals surface area contributed by atoms with E-state index in [4.69, 9.17) is 4.74 Å². The van der Waals surface area contributed by atoms with E-state index in [2.05, 4.69) is 20.7 Å². The number of carbonyl (C=O) groups is 2. The Morgan fingerprint density at radius 3 is 2.63 bits per heavy atom. The highest BCUT2D eigenvalue weighted by Crippen LogP contribution is 2.26. The van der Waals surface area contributed by atoms with Crippen molar-refractivity contribution in [3.8, 4) is 0 Å². The van der Waals surface area contributed by atoms with Gasteiger partial charge >= 0.3 is 6.09 Å². The van der Waals surface area contributed by atoms with E-state index in [0.717, 1.165) is 0 Å². The van der Waals surface area contributed by atoms with Crippen LogP contribution in [0, 0.1) is 0 Å². The Hall–Kier alpha value is -3.93. The average Bonchev–Trinajstić information content (AvgIpc) is 3.44. The minimum absolute atomic E-state index is 0.0483. The van der Waals surface area contributed by atoms with Crippen LogP contribution < -0.4 is 21.1 Å². The monoisotopic (exact) mass is 525 g/mol. The van der Waals surface area contributed by atoms with Gasteiger partial charge in [0.2, 0.25) is 0 Å². The quantitative estimate of drug-likeness (QED) is 0.445. The number of anilines is 3. The highest BCUT2D eigenvalue weighted by molar-refractivity contribution is 6.00. The summed E-state index contributed by atoms with van der Waals surface area (Å²) in [6, 6.07) is 4.75. The van der Waals surface area contributed by atoms with Crippen molar-refractivity contribution in [2.45, 2.75) is 77.7 Å². The molecule has 3 aromatic rings. The van der Waals surface area contributed by atoms with Gasteiger partial charge < -0.3 is 25.0 Å². The molecule has 0 unspecified atom stereocenters. The predicted molar refractivity (Wildman–Crippen MR) is 143 cm³/mol. The van der Waals surface area contributed by atoms with E-state index in [9.17, 15) is 19.5 Å². The van der Waals surface area contributed by atoms with Crippen LogP contribution in [0.2, 0.25) is 0 Å². The molecule has 1 aliphatic rings. The normalized spacial score (nSPS) is 17.6. The van der Waals surface area contributed by atoms with Gasteiger partial charge in [-0.2, -0.15) is 9.61 Å². The maximum absolute atomic E-state index is 13.2. The van der Waals surface area contributed by atoms with Gasteiger partial charge in [-0.3, -0.25) is 14.5 Å². The van der Waals surface area contributed by atoms with E-state index >= 15 is 0 Å². The lowest BCUT2D eigenvalue weighted by Crippen LogP contribution is -2.35. The first-order valence-corrected chi connectivity index (χ1v) is 12.7. The van der Waals surface area contributed by atoms with Crippen LogP contribution in [0.1, 0.15) is 70.3 Å². The number of pyridine rings is 1. The molecule has 2 amide bonds. The Bertz CT molecular complexity index is 1410. The van der Waals surface area contributed by atoms with E-state index in [-0.39, 0.29) is 46.2 Å². The van der Waals surface area contributed by atoms with Crippen molar-refractivity contribution < 1.29 is 19.4 Å². The molecule has 3 aromatic heterocycles. The van der Waals surface area contributed by atoms with Crippen LogP contribution in [0.25, 0.3) is 5.65 Å². The van der Waals surface area contributed by atoms with Crippen molar-refractivity contribution in [3.63, 3.8) is 0 Å². The number of hydrogen-bond acceptors (Lipinski definition) is 8. The third kappa shape index (κ3) is 5.80. The third-order valence-corrected chi connectivity index (χ3v) is 6.24. The molecule has 1 aliphatic carbocycles. The first-order valence-electron chi connectivity index (χ1n) is 12.7. The smallest absolute Gasteiger partial charge is 0.415 e. The first-order chi connectivity index (χ1) is 17.8. The lowest BCUT2D eigenvalue weighted by atomic mass is 10.2. The summed E-state index contributed by atoms with van der Waals surface area (Å²) in [4.78, 5) is 44.9. The Kier molecular flexibility index (Phi) is 7.45. The number of carbonyl (C=O) groups excluding carboxylic acids is 2. The van der Waals surface area contributed by atoms with E-state index in [1.165, 1.54) is 22.7 Å².